The van der Waals surface area contributed by atoms with Crippen LogP contribution in [0.15, 0.2) is 24.3 Å². The Kier molecular flexibility index (Phi) is 6.24. The van der Waals surface area contributed by atoms with Crippen LogP contribution in [0, 0.1) is 0 Å². The first-order chi connectivity index (χ1) is 11.7. The van der Waals surface area contributed by atoms with Gasteiger partial charge in [0.15, 0.2) is 6.10 Å². The lowest BCUT2D eigenvalue weighted by molar-refractivity contribution is -0.160. The fraction of sp³-hybridized carbons (Fsp3) is 0.632. The third-order valence-corrected chi connectivity index (χ3v) is 4.90. The van der Waals surface area contributed by atoms with E-state index in [-0.39, 0.29) is 5.97 Å². The van der Waals surface area contributed by atoms with Crippen molar-refractivity contribution in [1.29, 1.82) is 0 Å². The van der Waals surface area contributed by atoms with Gasteiger partial charge in [0, 0.05) is 26.2 Å². The van der Waals surface area contributed by atoms with E-state index >= 15 is 0 Å². The zero-order valence-electron chi connectivity index (χ0n) is 14.6. The van der Waals surface area contributed by atoms with Crippen molar-refractivity contribution in [3.63, 3.8) is 0 Å². The van der Waals surface area contributed by atoms with Crippen LogP contribution in [0.2, 0.25) is 0 Å². The van der Waals surface area contributed by atoms with Gasteiger partial charge >= 0.3 is 5.97 Å². The van der Waals surface area contributed by atoms with E-state index in [1.807, 2.05) is 0 Å². The number of esters is 1. The van der Waals surface area contributed by atoms with Crippen LogP contribution in [0.4, 0.5) is 0 Å². The molecule has 3 rings (SSSR count). The summed E-state index contributed by atoms with van der Waals surface area (Å²) < 4.78 is 10.3. The van der Waals surface area contributed by atoms with Gasteiger partial charge in [0.2, 0.25) is 0 Å². The Morgan fingerprint density at radius 2 is 1.67 bits per heavy atom. The highest BCUT2D eigenvalue weighted by Crippen LogP contribution is 2.15. The van der Waals surface area contributed by atoms with E-state index in [0.717, 1.165) is 19.6 Å². The predicted molar refractivity (Wildman–Crippen MR) is 92.6 cm³/mol. The van der Waals surface area contributed by atoms with Crippen LogP contribution in [-0.4, -0.2) is 61.8 Å². The zero-order valence-corrected chi connectivity index (χ0v) is 14.6. The minimum absolute atomic E-state index is 0.281. The number of carbonyl (C=O) groups excluding carboxylic acids is 1. The van der Waals surface area contributed by atoms with E-state index < -0.39 is 6.10 Å². The highest BCUT2D eigenvalue weighted by atomic mass is 16.6. The van der Waals surface area contributed by atoms with Crippen LogP contribution in [-0.2, 0) is 27.4 Å². The van der Waals surface area contributed by atoms with Crippen LogP contribution in [0.3, 0.4) is 0 Å². The number of benzene rings is 1. The molecule has 1 unspecified atom stereocenters. The van der Waals surface area contributed by atoms with Crippen molar-refractivity contribution < 1.29 is 14.3 Å². The summed E-state index contributed by atoms with van der Waals surface area (Å²) in [7, 11) is 1.41. The number of morpholine rings is 1. The quantitative estimate of drug-likeness (QED) is 0.772. The summed E-state index contributed by atoms with van der Waals surface area (Å²) in [6.07, 6.45) is 3.58. The van der Waals surface area contributed by atoms with E-state index in [9.17, 15) is 4.79 Å². The molecule has 1 atom stereocenters. The fourth-order valence-electron chi connectivity index (χ4n) is 3.50. The van der Waals surface area contributed by atoms with Crippen molar-refractivity contribution in [3.05, 3.63) is 35.4 Å². The SMILES string of the molecule is COC(=O)C1CN(Cc2ccc(CN3CCCCC3)cc2)CCO1. The number of likely N-dealkylation sites (tertiary alicyclic amines) is 1. The predicted octanol–water partition coefficient (Wildman–Crippen LogP) is 2.05. The van der Waals surface area contributed by atoms with Crippen molar-refractivity contribution in [2.45, 2.75) is 38.5 Å². The topological polar surface area (TPSA) is 42.0 Å². The summed E-state index contributed by atoms with van der Waals surface area (Å²) in [4.78, 5) is 16.4. The van der Waals surface area contributed by atoms with Gasteiger partial charge in [0.1, 0.15) is 0 Å². The van der Waals surface area contributed by atoms with Crippen molar-refractivity contribution in [1.82, 2.24) is 9.80 Å². The molecule has 132 valence electrons. The lowest BCUT2D eigenvalue weighted by Gasteiger charge is -2.31. The summed E-state index contributed by atoms with van der Waals surface area (Å²) in [5, 5.41) is 0. The molecule has 0 aliphatic carbocycles. The minimum Gasteiger partial charge on any atom is -0.467 e. The van der Waals surface area contributed by atoms with E-state index in [1.165, 1.54) is 50.6 Å². The lowest BCUT2D eigenvalue weighted by Crippen LogP contribution is -2.46. The average molecular weight is 332 g/mol. The molecule has 2 fully saturated rings. The summed E-state index contributed by atoms with van der Waals surface area (Å²) >= 11 is 0. The highest BCUT2D eigenvalue weighted by molar-refractivity contribution is 5.74. The Hall–Kier alpha value is -1.43. The van der Waals surface area contributed by atoms with Gasteiger partial charge in [-0.3, -0.25) is 9.80 Å². The Bertz CT molecular complexity index is 526. The number of methoxy groups -OCH3 is 1. The molecule has 2 heterocycles. The molecule has 24 heavy (non-hydrogen) atoms. The Morgan fingerprint density at radius 1 is 1.04 bits per heavy atom. The van der Waals surface area contributed by atoms with Gasteiger partial charge in [-0.1, -0.05) is 30.7 Å². The van der Waals surface area contributed by atoms with Gasteiger partial charge in [0.05, 0.1) is 13.7 Å². The lowest BCUT2D eigenvalue weighted by atomic mass is 10.1. The van der Waals surface area contributed by atoms with Gasteiger partial charge in [0.25, 0.3) is 0 Å². The fourth-order valence-corrected chi connectivity index (χ4v) is 3.50. The second kappa shape index (κ2) is 8.60. The second-order valence-electron chi connectivity index (χ2n) is 6.77. The molecule has 2 saturated heterocycles. The second-order valence-corrected chi connectivity index (χ2v) is 6.77. The molecule has 0 spiro atoms. The van der Waals surface area contributed by atoms with E-state index in [0.29, 0.717) is 13.2 Å². The number of hydrogen-bond donors (Lipinski definition) is 0. The monoisotopic (exact) mass is 332 g/mol. The molecule has 0 radical (unpaired) electrons. The third-order valence-electron chi connectivity index (χ3n) is 4.90. The Balaban J connectivity index is 1.51. The maximum Gasteiger partial charge on any atom is 0.336 e. The highest BCUT2D eigenvalue weighted by Gasteiger charge is 2.27. The molecular formula is C19H28N2O3. The van der Waals surface area contributed by atoms with Gasteiger partial charge in [-0.05, 0) is 37.1 Å². The van der Waals surface area contributed by atoms with Crippen molar-refractivity contribution >= 4 is 5.97 Å². The Labute approximate surface area is 144 Å². The molecule has 0 amide bonds. The van der Waals surface area contributed by atoms with Gasteiger partial charge in [-0.2, -0.15) is 0 Å². The molecule has 0 saturated carbocycles. The van der Waals surface area contributed by atoms with Crippen LogP contribution < -0.4 is 0 Å². The molecule has 0 aromatic heterocycles. The summed E-state index contributed by atoms with van der Waals surface area (Å²) in [5.41, 5.74) is 2.66. The molecule has 5 heteroatoms. The summed E-state index contributed by atoms with van der Waals surface area (Å²) in [6, 6.07) is 8.90. The van der Waals surface area contributed by atoms with E-state index in [1.54, 1.807) is 0 Å². The minimum atomic E-state index is -0.456. The standard InChI is InChI=1S/C19H28N2O3/c1-23-19(22)18-15-21(11-12-24-18)14-17-7-5-16(6-8-17)13-20-9-3-2-4-10-20/h5-8,18H,2-4,9-15H2,1H3. The molecule has 5 nitrogen and oxygen atoms in total. The van der Waals surface area contributed by atoms with Crippen LogP contribution in [0.5, 0.6) is 0 Å². The molecule has 0 bridgehead atoms. The van der Waals surface area contributed by atoms with Crippen LogP contribution in [0.25, 0.3) is 0 Å². The van der Waals surface area contributed by atoms with Crippen LogP contribution >= 0.6 is 0 Å². The first kappa shape index (κ1) is 17.4. The number of rotatable bonds is 5. The maximum atomic E-state index is 11.6. The van der Waals surface area contributed by atoms with Crippen molar-refractivity contribution in [2.24, 2.45) is 0 Å². The molecule has 1 aromatic carbocycles. The van der Waals surface area contributed by atoms with Gasteiger partial charge in [-0.15, -0.1) is 0 Å². The first-order valence-corrected chi connectivity index (χ1v) is 8.96. The number of piperidine rings is 1. The van der Waals surface area contributed by atoms with Gasteiger partial charge in [-0.25, -0.2) is 4.79 Å². The molecule has 0 N–H and O–H groups in total. The largest absolute Gasteiger partial charge is 0.467 e. The first-order valence-electron chi connectivity index (χ1n) is 8.96. The summed E-state index contributed by atoms with van der Waals surface area (Å²) in [5.74, 6) is -0.281. The smallest absolute Gasteiger partial charge is 0.336 e. The number of hydrogen-bond acceptors (Lipinski definition) is 5. The molecule has 1 aromatic rings. The number of carbonyl (C=O) groups is 1. The number of ether oxygens (including phenoxy) is 2. The third kappa shape index (κ3) is 4.79. The summed E-state index contributed by atoms with van der Waals surface area (Å²) in [6.45, 7) is 6.38. The molecular weight excluding hydrogens is 304 g/mol. The van der Waals surface area contributed by atoms with E-state index in [4.69, 9.17) is 9.47 Å². The average Bonchev–Trinajstić information content (AvgIpc) is 2.64. The van der Waals surface area contributed by atoms with Gasteiger partial charge < -0.3 is 9.47 Å². The van der Waals surface area contributed by atoms with Crippen molar-refractivity contribution in [2.75, 3.05) is 39.9 Å². The van der Waals surface area contributed by atoms with E-state index in [2.05, 4.69) is 34.1 Å². The number of nitrogens with zero attached hydrogens (tertiary/aromatic N) is 2. The Morgan fingerprint density at radius 3 is 2.29 bits per heavy atom. The van der Waals surface area contributed by atoms with Crippen LogP contribution in [0.1, 0.15) is 30.4 Å². The molecule has 2 aliphatic heterocycles. The zero-order chi connectivity index (χ0) is 16.8. The van der Waals surface area contributed by atoms with Crippen molar-refractivity contribution in [3.8, 4) is 0 Å². The normalized spacial score (nSPS) is 23.1. The molecule has 2 aliphatic rings. The maximum absolute atomic E-state index is 11.6.